The molecule has 1 aliphatic heterocycles. The zero-order valence-corrected chi connectivity index (χ0v) is 23.0. The molecule has 0 atom stereocenters. The number of hydrazine groups is 1. The molecule has 208 valence electrons. The zero-order chi connectivity index (χ0) is 28.7. The first-order valence-electron chi connectivity index (χ1n) is 12.2. The van der Waals surface area contributed by atoms with Gasteiger partial charge in [0, 0.05) is 24.6 Å². The van der Waals surface area contributed by atoms with Gasteiger partial charge < -0.3 is 14.4 Å². The number of rotatable bonds is 7. The predicted molar refractivity (Wildman–Crippen MR) is 143 cm³/mol. The van der Waals surface area contributed by atoms with Crippen LogP contribution in [0, 0.1) is 5.41 Å². The summed E-state index contributed by atoms with van der Waals surface area (Å²) in [6.07, 6.45) is 0. The van der Waals surface area contributed by atoms with Crippen molar-refractivity contribution in [2.45, 2.75) is 34.2 Å². The monoisotopic (exact) mass is 558 g/mol. The molecule has 0 aliphatic carbocycles. The molecule has 0 saturated carbocycles. The molecule has 2 N–H and O–H groups in total. The molecular formula is C27H31ClN4O7. The average Bonchev–Trinajstić information content (AvgIpc) is 3.00. The minimum Gasteiger partial charge on any atom is -0.490 e. The first-order valence-corrected chi connectivity index (χ1v) is 12.6. The summed E-state index contributed by atoms with van der Waals surface area (Å²) in [6, 6.07) is 11.5. The maximum atomic E-state index is 13.6. The summed E-state index contributed by atoms with van der Waals surface area (Å²) in [7, 11) is 0. The lowest BCUT2D eigenvalue weighted by Gasteiger charge is -2.23. The van der Waals surface area contributed by atoms with Crippen LogP contribution < -0.4 is 20.5 Å². The lowest BCUT2D eigenvalue weighted by atomic mass is 9.96. The number of halogens is 1. The van der Waals surface area contributed by atoms with Gasteiger partial charge in [-0.2, -0.15) is 0 Å². The number of carbonyl (C=O) groups is 5. The van der Waals surface area contributed by atoms with E-state index < -0.39 is 29.1 Å². The molecular weight excluding hydrogens is 528 g/mol. The first kappa shape index (κ1) is 29.4. The van der Waals surface area contributed by atoms with Gasteiger partial charge >= 0.3 is 5.97 Å². The van der Waals surface area contributed by atoms with E-state index in [2.05, 4.69) is 10.9 Å². The number of ether oxygens (including phenoxy) is 2. The Hall–Kier alpha value is -4.12. The van der Waals surface area contributed by atoms with Gasteiger partial charge in [-0.05, 0) is 29.8 Å². The number of nitrogens with one attached hydrogen (secondary N) is 2. The smallest absolute Gasteiger partial charge is 0.302 e. The lowest BCUT2D eigenvalue weighted by Crippen LogP contribution is -2.51. The van der Waals surface area contributed by atoms with Crippen molar-refractivity contribution in [2.24, 2.45) is 5.41 Å². The Morgan fingerprint density at radius 2 is 1.72 bits per heavy atom. The van der Waals surface area contributed by atoms with Gasteiger partial charge in [0.15, 0.2) is 0 Å². The molecule has 0 radical (unpaired) electrons. The molecule has 12 heteroatoms. The second-order valence-electron chi connectivity index (χ2n) is 9.85. The summed E-state index contributed by atoms with van der Waals surface area (Å²) in [4.78, 5) is 64.8. The second kappa shape index (κ2) is 12.6. The van der Waals surface area contributed by atoms with Crippen LogP contribution in [0.4, 0.5) is 5.69 Å². The van der Waals surface area contributed by atoms with Crippen LogP contribution in [0.2, 0.25) is 5.02 Å². The fourth-order valence-corrected chi connectivity index (χ4v) is 3.87. The highest BCUT2D eigenvalue weighted by molar-refractivity contribution is 6.34. The van der Waals surface area contributed by atoms with Crippen molar-refractivity contribution in [3.8, 4) is 5.75 Å². The number of benzene rings is 2. The molecule has 2 aromatic rings. The van der Waals surface area contributed by atoms with E-state index in [0.717, 1.165) is 0 Å². The average molecular weight is 559 g/mol. The van der Waals surface area contributed by atoms with Crippen molar-refractivity contribution in [3.63, 3.8) is 0 Å². The minimum absolute atomic E-state index is 0.0673. The van der Waals surface area contributed by atoms with Crippen LogP contribution in [0.1, 0.15) is 43.6 Å². The Labute approximate surface area is 231 Å². The van der Waals surface area contributed by atoms with E-state index in [0.29, 0.717) is 17.0 Å². The van der Waals surface area contributed by atoms with Gasteiger partial charge in [-0.25, -0.2) is 0 Å². The largest absolute Gasteiger partial charge is 0.490 e. The Kier molecular flexibility index (Phi) is 9.52. The number of esters is 1. The minimum atomic E-state index is -0.707. The highest BCUT2D eigenvalue weighted by Gasteiger charge is 2.31. The van der Waals surface area contributed by atoms with Gasteiger partial charge in [0.25, 0.3) is 11.8 Å². The molecule has 3 rings (SSSR count). The number of para-hydroxylation sites is 1. The van der Waals surface area contributed by atoms with Gasteiger partial charge in [0.2, 0.25) is 11.8 Å². The Bertz CT molecular complexity index is 1280. The number of carbonyl (C=O) groups excluding carboxylic acids is 5. The summed E-state index contributed by atoms with van der Waals surface area (Å²) in [5.74, 6) is -1.96. The fraction of sp³-hybridized carbons (Fsp3) is 0.370. The Morgan fingerprint density at radius 3 is 2.38 bits per heavy atom. The third-order valence-electron chi connectivity index (χ3n) is 5.69. The van der Waals surface area contributed by atoms with E-state index in [9.17, 15) is 24.0 Å². The number of hydrogen-bond acceptors (Lipinski definition) is 7. The highest BCUT2D eigenvalue weighted by atomic mass is 35.5. The number of nitrogens with zero attached hydrogens (tertiary/aromatic N) is 2. The third kappa shape index (κ3) is 7.93. The summed E-state index contributed by atoms with van der Waals surface area (Å²) in [5, 5.41) is 0.116. The SMILES string of the molecule is CC(=O)OCCOc1ccc(C(=O)N2CC(=O)N(CC(=O)NNC(=O)C(C)(C)C)Cc3ccccc32)c(Cl)c1. The molecule has 0 aromatic heterocycles. The quantitative estimate of drug-likeness (QED) is 0.303. The van der Waals surface area contributed by atoms with Crippen molar-refractivity contribution in [2.75, 3.05) is 31.2 Å². The molecule has 0 fully saturated rings. The number of fused-ring (bicyclic) bond motifs is 1. The van der Waals surface area contributed by atoms with E-state index in [1.54, 1.807) is 51.1 Å². The predicted octanol–water partition coefficient (Wildman–Crippen LogP) is 2.46. The molecule has 0 unspecified atom stereocenters. The zero-order valence-electron chi connectivity index (χ0n) is 22.2. The van der Waals surface area contributed by atoms with Crippen LogP contribution in [0.5, 0.6) is 5.75 Å². The molecule has 1 aliphatic rings. The van der Waals surface area contributed by atoms with E-state index in [1.807, 2.05) is 0 Å². The molecule has 0 spiro atoms. The lowest BCUT2D eigenvalue weighted by molar-refractivity contribution is -0.141. The van der Waals surface area contributed by atoms with Gasteiger partial charge in [-0.15, -0.1) is 0 Å². The van der Waals surface area contributed by atoms with Gasteiger partial charge in [0.1, 0.15) is 32.1 Å². The maximum absolute atomic E-state index is 13.6. The van der Waals surface area contributed by atoms with Crippen LogP contribution in [-0.4, -0.2) is 60.8 Å². The number of anilines is 1. The molecule has 1 heterocycles. The van der Waals surface area contributed by atoms with Crippen LogP contribution in [0.25, 0.3) is 0 Å². The molecule has 2 aromatic carbocycles. The third-order valence-corrected chi connectivity index (χ3v) is 6.01. The summed E-state index contributed by atoms with van der Waals surface area (Å²) >= 11 is 6.41. The number of amides is 4. The highest BCUT2D eigenvalue weighted by Crippen LogP contribution is 2.30. The van der Waals surface area contributed by atoms with Gasteiger partial charge in [-0.1, -0.05) is 50.6 Å². The topological polar surface area (TPSA) is 134 Å². The van der Waals surface area contributed by atoms with Gasteiger partial charge in [0.05, 0.1) is 10.6 Å². The molecule has 39 heavy (non-hydrogen) atoms. The fourth-order valence-electron chi connectivity index (χ4n) is 3.62. The molecule has 0 saturated heterocycles. The van der Waals surface area contributed by atoms with Crippen molar-refractivity contribution < 1.29 is 33.4 Å². The summed E-state index contributed by atoms with van der Waals surface area (Å²) in [6.45, 7) is 6.02. The Morgan fingerprint density at radius 1 is 1.00 bits per heavy atom. The summed E-state index contributed by atoms with van der Waals surface area (Å²) in [5.41, 5.74) is 5.30. The van der Waals surface area contributed by atoms with E-state index in [4.69, 9.17) is 21.1 Å². The van der Waals surface area contributed by atoms with Crippen molar-refractivity contribution >= 4 is 46.9 Å². The van der Waals surface area contributed by atoms with E-state index >= 15 is 0 Å². The Balaban J connectivity index is 1.74. The van der Waals surface area contributed by atoms with Crippen LogP contribution in [0.3, 0.4) is 0 Å². The van der Waals surface area contributed by atoms with Crippen LogP contribution >= 0.6 is 11.6 Å². The standard InChI is InChI=1S/C27H31ClN4O7/c1-17(33)38-11-12-39-19-9-10-20(21(28)13-19)25(36)32-16-24(35)31(14-18-7-5-6-8-22(18)32)15-23(34)29-30-26(37)27(2,3)4/h5-10,13H,11-12,14-16H2,1-4H3,(H,29,34)(H,30,37). The second-order valence-corrected chi connectivity index (χ2v) is 10.3. The van der Waals surface area contributed by atoms with Crippen molar-refractivity contribution in [1.29, 1.82) is 0 Å². The van der Waals surface area contributed by atoms with E-state index in [1.165, 1.54) is 28.9 Å². The van der Waals surface area contributed by atoms with Gasteiger partial charge in [-0.3, -0.25) is 39.7 Å². The molecule has 4 amide bonds. The summed E-state index contributed by atoms with van der Waals surface area (Å²) < 4.78 is 10.3. The van der Waals surface area contributed by atoms with E-state index in [-0.39, 0.29) is 49.3 Å². The first-order chi connectivity index (χ1) is 18.4. The van der Waals surface area contributed by atoms with Crippen molar-refractivity contribution in [1.82, 2.24) is 15.8 Å². The molecule has 0 bridgehead atoms. The molecule has 11 nitrogen and oxygen atoms in total. The van der Waals surface area contributed by atoms with Crippen LogP contribution in [0.15, 0.2) is 42.5 Å². The number of hydrogen-bond donors (Lipinski definition) is 2. The maximum Gasteiger partial charge on any atom is 0.302 e. The van der Waals surface area contributed by atoms with Crippen molar-refractivity contribution in [3.05, 3.63) is 58.6 Å². The van der Waals surface area contributed by atoms with Crippen LogP contribution in [-0.2, 0) is 30.5 Å². The normalized spacial score (nSPS) is 13.2.